The lowest BCUT2D eigenvalue weighted by Gasteiger charge is -2.17. The SMILES string of the molecule is [CH2]C#CC(C)N1CCCC1. The summed E-state index contributed by atoms with van der Waals surface area (Å²) in [5.74, 6) is 5.75. The first-order chi connectivity index (χ1) is 4.84. The second-order valence-electron chi connectivity index (χ2n) is 2.74. The fourth-order valence-corrected chi connectivity index (χ4v) is 1.37. The van der Waals surface area contributed by atoms with Crippen LogP contribution in [-0.4, -0.2) is 24.0 Å². The highest BCUT2D eigenvalue weighted by atomic mass is 15.2. The van der Waals surface area contributed by atoms with Gasteiger partial charge in [0.25, 0.3) is 0 Å². The second-order valence-corrected chi connectivity index (χ2v) is 2.74. The highest BCUT2D eigenvalue weighted by Crippen LogP contribution is 2.10. The maximum Gasteiger partial charge on any atom is 0.0685 e. The van der Waals surface area contributed by atoms with Crippen molar-refractivity contribution in [2.24, 2.45) is 0 Å². The second kappa shape index (κ2) is 3.63. The maximum atomic E-state index is 3.51. The van der Waals surface area contributed by atoms with Crippen molar-refractivity contribution in [2.75, 3.05) is 13.1 Å². The molecule has 1 heteroatoms. The summed E-state index contributed by atoms with van der Waals surface area (Å²) in [6.07, 6.45) is 2.67. The van der Waals surface area contributed by atoms with Crippen molar-refractivity contribution in [1.82, 2.24) is 4.90 Å². The topological polar surface area (TPSA) is 3.24 Å². The van der Waals surface area contributed by atoms with Gasteiger partial charge in [-0.3, -0.25) is 4.90 Å². The Labute approximate surface area is 63.4 Å². The van der Waals surface area contributed by atoms with Crippen molar-refractivity contribution in [1.29, 1.82) is 0 Å². The maximum absolute atomic E-state index is 3.51. The van der Waals surface area contributed by atoms with E-state index in [9.17, 15) is 0 Å². The van der Waals surface area contributed by atoms with Crippen LogP contribution in [0.25, 0.3) is 0 Å². The van der Waals surface area contributed by atoms with Gasteiger partial charge in [-0.05, 0) is 32.9 Å². The highest BCUT2D eigenvalue weighted by molar-refractivity contribution is 5.08. The van der Waals surface area contributed by atoms with Crippen molar-refractivity contribution in [2.45, 2.75) is 25.8 Å². The van der Waals surface area contributed by atoms with E-state index < -0.39 is 0 Å². The zero-order valence-electron chi connectivity index (χ0n) is 6.56. The van der Waals surface area contributed by atoms with Crippen LogP contribution in [-0.2, 0) is 0 Å². The number of likely N-dealkylation sites (tertiary alicyclic amines) is 1. The first-order valence-corrected chi connectivity index (χ1v) is 3.86. The summed E-state index contributed by atoms with van der Waals surface area (Å²) < 4.78 is 0. The lowest BCUT2D eigenvalue weighted by atomic mass is 10.3. The zero-order valence-corrected chi connectivity index (χ0v) is 6.56. The monoisotopic (exact) mass is 136 g/mol. The van der Waals surface area contributed by atoms with Crippen LogP contribution in [0, 0.1) is 18.8 Å². The molecule has 0 aliphatic carbocycles. The Bertz CT molecular complexity index is 146. The largest absolute Gasteiger partial charge is 0.290 e. The van der Waals surface area contributed by atoms with Gasteiger partial charge >= 0.3 is 0 Å². The summed E-state index contributed by atoms with van der Waals surface area (Å²) >= 11 is 0. The summed E-state index contributed by atoms with van der Waals surface area (Å²) in [6, 6.07) is 0.417. The third-order valence-electron chi connectivity index (χ3n) is 2.00. The summed E-state index contributed by atoms with van der Waals surface area (Å²) in [5.41, 5.74) is 0. The molecule has 1 radical (unpaired) electrons. The molecule has 1 unspecified atom stereocenters. The molecule has 1 aliphatic rings. The molecular weight excluding hydrogens is 122 g/mol. The van der Waals surface area contributed by atoms with E-state index >= 15 is 0 Å². The lowest BCUT2D eigenvalue weighted by molar-refractivity contribution is 0.308. The third kappa shape index (κ3) is 1.75. The predicted octanol–water partition coefficient (Wildman–Crippen LogP) is 1.31. The van der Waals surface area contributed by atoms with Crippen LogP contribution in [0.1, 0.15) is 19.8 Å². The first kappa shape index (κ1) is 7.63. The fourth-order valence-electron chi connectivity index (χ4n) is 1.37. The molecule has 0 aromatic heterocycles. The van der Waals surface area contributed by atoms with E-state index in [1.54, 1.807) is 0 Å². The summed E-state index contributed by atoms with van der Waals surface area (Å²) in [5, 5.41) is 0. The molecule has 1 heterocycles. The molecule has 1 atom stereocenters. The Morgan fingerprint density at radius 3 is 2.50 bits per heavy atom. The molecule has 1 rings (SSSR count). The molecule has 0 N–H and O–H groups in total. The van der Waals surface area contributed by atoms with Crippen molar-refractivity contribution < 1.29 is 0 Å². The van der Waals surface area contributed by atoms with Gasteiger partial charge < -0.3 is 0 Å². The first-order valence-electron chi connectivity index (χ1n) is 3.86. The minimum atomic E-state index is 0.417. The Kier molecular flexibility index (Phi) is 2.77. The van der Waals surface area contributed by atoms with E-state index in [1.807, 2.05) is 0 Å². The lowest BCUT2D eigenvalue weighted by Crippen LogP contribution is -2.28. The minimum Gasteiger partial charge on any atom is -0.290 e. The van der Waals surface area contributed by atoms with Crippen molar-refractivity contribution in [3.8, 4) is 11.8 Å². The molecule has 0 bridgehead atoms. The van der Waals surface area contributed by atoms with Gasteiger partial charge in [-0.2, -0.15) is 0 Å². The molecule has 0 aromatic rings. The Morgan fingerprint density at radius 1 is 1.40 bits per heavy atom. The Morgan fingerprint density at radius 2 is 2.00 bits per heavy atom. The van der Waals surface area contributed by atoms with Gasteiger partial charge in [0, 0.05) is 6.92 Å². The van der Waals surface area contributed by atoms with E-state index in [0.29, 0.717) is 6.04 Å². The van der Waals surface area contributed by atoms with E-state index in [1.165, 1.54) is 25.9 Å². The standard InChI is InChI=1S/C9H14N/c1-3-6-9(2)10-7-4-5-8-10/h9H,1,4-5,7-8H2,2H3. The highest BCUT2D eigenvalue weighted by Gasteiger charge is 2.15. The summed E-state index contributed by atoms with van der Waals surface area (Å²) in [4.78, 5) is 2.40. The van der Waals surface area contributed by atoms with E-state index in [-0.39, 0.29) is 0 Å². The minimum absolute atomic E-state index is 0.417. The molecular formula is C9H14N. The summed E-state index contributed by atoms with van der Waals surface area (Å²) in [7, 11) is 0. The molecule has 0 aromatic carbocycles. The Balaban J connectivity index is 2.37. The molecule has 0 saturated carbocycles. The van der Waals surface area contributed by atoms with Crippen LogP contribution in [0.5, 0.6) is 0 Å². The van der Waals surface area contributed by atoms with Gasteiger partial charge in [0.1, 0.15) is 0 Å². The molecule has 0 amide bonds. The fraction of sp³-hybridized carbons (Fsp3) is 0.667. The van der Waals surface area contributed by atoms with Crippen LogP contribution in [0.15, 0.2) is 0 Å². The number of rotatable bonds is 1. The van der Waals surface area contributed by atoms with Crippen LogP contribution < -0.4 is 0 Å². The van der Waals surface area contributed by atoms with Crippen molar-refractivity contribution >= 4 is 0 Å². The van der Waals surface area contributed by atoms with Crippen molar-refractivity contribution in [3.63, 3.8) is 0 Å². The molecule has 1 aliphatic heterocycles. The average molecular weight is 136 g/mol. The molecule has 1 nitrogen and oxygen atoms in total. The zero-order chi connectivity index (χ0) is 7.40. The quantitative estimate of drug-likeness (QED) is 0.491. The van der Waals surface area contributed by atoms with E-state index in [0.717, 1.165) is 0 Å². The van der Waals surface area contributed by atoms with Gasteiger partial charge in [-0.1, -0.05) is 5.92 Å². The van der Waals surface area contributed by atoms with Gasteiger partial charge in [-0.15, -0.1) is 5.92 Å². The van der Waals surface area contributed by atoms with Crippen LogP contribution in [0.3, 0.4) is 0 Å². The Hall–Kier alpha value is -0.480. The third-order valence-corrected chi connectivity index (χ3v) is 2.00. The number of hydrogen-bond donors (Lipinski definition) is 0. The molecule has 1 saturated heterocycles. The number of hydrogen-bond acceptors (Lipinski definition) is 1. The van der Waals surface area contributed by atoms with E-state index in [2.05, 4.69) is 30.6 Å². The van der Waals surface area contributed by atoms with Gasteiger partial charge in [0.15, 0.2) is 0 Å². The smallest absolute Gasteiger partial charge is 0.0685 e. The van der Waals surface area contributed by atoms with Gasteiger partial charge in [0.2, 0.25) is 0 Å². The molecule has 0 spiro atoms. The average Bonchev–Trinajstić information content (AvgIpc) is 2.38. The molecule has 10 heavy (non-hydrogen) atoms. The molecule has 1 fully saturated rings. The van der Waals surface area contributed by atoms with Crippen LogP contribution in [0.2, 0.25) is 0 Å². The molecule has 55 valence electrons. The van der Waals surface area contributed by atoms with Crippen LogP contribution >= 0.6 is 0 Å². The van der Waals surface area contributed by atoms with Gasteiger partial charge in [-0.25, -0.2) is 0 Å². The predicted molar refractivity (Wildman–Crippen MR) is 43.4 cm³/mol. The van der Waals surface area contributed by atoms with Crippen LogP contribution in [0.4, 0.5) is 0 Å². The van der Waals surface area contributed by atoms with Crippen molar-refractivity contribution in [3.05, 3.63) is 6.92 Å². The van der Waals surface area contributed by atoms with Gasteiger partial charge in [0.05, 0.1) is 6.04 Å². The van der Waals surface area contributed by atoms with E-state index in [4.69, 9.17) is 0 Å². The normalized spacial score (nSPS) is 21.8. The number of nitrogens with zero attached hydrogens (tertiary/aromatic N) is 1. The summed E-state index contributed by atoms with van der Waals surface area (Å²) in [6.45, 7) is 8.09.